The fraction of sp³-hybridized carbons (Fsp3) is 0.286. The van der Waals surface area contributed by atoms with Crippen molar-refractivity contribution in [3.8, 4) is 5.69 Å². The number of aromatic nitrogens is 3. The van der Waals surface area contributed by atoms with Crippen molar-refractivity contribution in [3.63, 3.8) is 0 Å². The molecule has 2 N–H and O–H groups in total. The number of carbonyl (C=O) groups is 2. The molecule has 0 saturated carbocycles. The van der Waals surface area contributed by atoms with Gasteiger partial charge in [0.2, 0.25) is 0 Å². The van der Waals surface area contributed by atoms with Crippen molar-refractivity contribution in [2.45, 2.75) is 25.8 Å². The van der Waals surface area contributed by atoms with Crippen LogP contribution in [0.25, 0.3) is 5.69 Å². The van der Waals surface area contributed by atoms with Gasteiger partial charge in [0.05, 0.1) is 5.69 Å². The van der Waals surface area contributed by atoms with Crippen LogP contribution in [-0.2, 0) is 4.79 Å². The number of nitrogens with zero attached hydrogens (tertiary/aromatic N) is 3. The van der Waals surface area contributed by atoms with E-state index in [4.69, 9.17) is 5.11 Å². The highest BCUT2D eigenvalue weighted by molar-refractivity contribution is 5.97. The van der Waals surface area contributed by atoms with Crippen molar-refractivity contribution in [1.29, 1.82) is 0 Å². The molecule has 0 radical (unpaired) electrons. The predicted molar refractivity (Wildman–Crippen MR) is 75.2 cm³/mol. The van der Waals surface area contributed by atoms with E-state index in [0.29, 0.717) is 24.1 Å². The Bertz CT molecular complexity index is 625. The van der Waals surface area contributed by atoms with Crippen LogP contribution in [0.1, 0.15) is 30.1 Å². The Morgan fingerprint density at radius 3 is 2.86 bits per heavy atom. The zero-order valence-corrected chi connectivity index (χ0v) is 11.6. The van der Waals surface area contributed by atoms with Crippen LogP contribution in [0.4, 0.5) is 0 Å². The monoisotopic (exact) mass is 288 g/mol. The molecule has 0 aliphatic rings. The topological polar surface area (TPSA) is 97.1 Å². The number of hydrogen-bond acceptors (Lipinski definition) is 4. The zero-order chi connectivity index (χ0) is 15.2. The molecule has 1 aromatic carbocycles. The second kappa shape index (κ2) is 6.65. The number of aliphatic carboxylic acids is 1. The van der Waals surface area contributed by atoms with E-state index in [1.54, 1.807) is 24.3 Å². The molecule has 0 aliphatic carbocycles. The van der Waals surface area contributed by atoms with Gasteiger partial charge in [-0.1, -0.05) is 19.4 Å². The predicted octanol–water partition coefficient (Wildman–Crippen LogP) is 1.25. The molecule has 7 nitrogen and oxygen atoms in total. The molecule has 2 rings (SSSR count). The van der Waals surface area contributed by atoms with Crippen LogP contribution in [0.3, 0.4) is 0 Å². The van der Waals surface area contributed by atoms with Gasteiger partial charge in [0.25, 0.3) is 5.91 Å². The molecule has 2 aromatic rings. The summed E-state index contributed by atoms with van der Waals surface area (Å²) in [5.74, 6) is -1.45. The van der Waals surface area contributed by atoms with Gasteiger partial charge in [0, 0.05) is 5.56 Å². The second-order valence-corrected chi connectivity index (χ2v) is 4.54. The Balaban J connectivity index is 2.16. The highest BCUT2D eigenvalue weighted by Crippen LogP contribution is 2.10. The molecule has 1 atom stereocenters. The zero-order valence-electron chi connectivity index (χ0n) is 11.6. The molecular formula is C14H16N4O3. The molecule has 21 heavy (non-hydrogen) atoms. The van der Waals surface area contributed by atoms with Crippen molar-refractivity contribution in [2.24, 2.45) is 0 Å². The third-order valence-electron chi connectivity index (χ3n) is 2.97. The van der Waals surface area contributed by atoms with E-state index < -0.39 is 17.9 Å². The lowest BCUT2D eigenvalue weighted by Crippen LogP contribution is -2.40. The number of carbonyl (C=O) groups excluding carboxylic acids is 1. The maximum Gasteiger partial charge on any atom is 0.326 e. The summed E-state index contributed by atoms with van der Waals surface area (Å²) in [5.41, 5.74) is 1.06. The summed E-state index contributed by atoms with van der Waals surface area (Å²) in [7, 11) is 0. The second-order valence-electron chi connectivity index (χ2n) is 4.54. The summed E-state index contributed by atoms with van der Waals surface area (Å²) < 4.78 is 1.53. The summed E-state index contributed by atoms with van der Waals surface area (Å²) >= 11 is 0. The molecule has 1 heterocycles. The Labute approximate surface area is 121 Å². The molecule has 1 unspecified atom stereocenters. The van der Waals surface area contributed by atoms with Gasteiger partial charge in [0.1, 0.15) is 18.7 Å². The lowest BCUT2D eigenvalue weighted by Gasteiger charge is -2.13. The van der Waals surface area contributed by atoms with Crippen LogP contribution in [0.5, 0.6) is 0 Å². The van der Waals surface area contributed by atoms with E-state index in [9.17, 15) is 9.59 Å². The van der Waals surface area contributed by atoms with Crippen molar-refractivity contribution in [3.05, 3.63) is 42.5 Å². The van der Waals surface area contributed by atoms with Crippen LogP contribution in [0.15, 0.2) is 36.9 Å². The first-order valence-corrected chi connectivity index (χ1v) is 6.60. The van der Waals surface area contributed by atoms with Crippen LogP contribution >= 0.6 is 0 Å². The number of nitrogens with one attached hydrogen (secondary N) is 1. The van der Waals surface area contributed by atoms with Crippen molar-refractivity contribution >= 4 is 11.9 Å². The lowest BCUT2D eigenvalue weighted by molar-refractivity contribution is -0.139. The summed E-state index contributed by atoms with van der Waals surface area (Å²) in [6, 6.07) is 5.88. The summed E-state index contributed by atoms with van der Waals surface area (Å²) in [6.45, 7) is 1.87. The van der Waals surface area contributed by atoms with Crippen LogP contribution < -0.4 is 5.32 Å². The van der Waals surface area contributed by atoms with E-state index in [1.807, 2.05) is 6.92 Å². The lowest BCUT2D eigenvalue weighted by atomic mass is 10.1. The number of amides is 1. The molecule has 1 aromatic heterocycles. The molecule has 7 heteroatoms. The first-order valence-electron chi connectivity index (χ1n) is 6.60. The molecular weight excluding hydrogens is 272 g/mol. The molecule has 0 fully saturated rings. The maximum absolute atomic E-state index is 12.1. The van der Waals surface area contributed by atoms with Gasteiger partial charge in [0.15, 0.2) is 0 Å². The van der Waals surface area contributed by atoms with Gasteiger partial charge in [-0.3, -0.25) is 4.79 Å². The summed E-state index contributed by atoms with van der Waals surface area (Å²) in [4.78, 5) is 27.1. The van der Waals surface area contributed by atoms with Gasteiger partial charge in [-0.05, 0) is 24.6 Å². The third-order valence-corrected chi connectivity index (χ3v) is 2.97. The SMILES string of the molecule is CCCC(NC(=O)c1cccc(-n2cncn2)c1)C(=O)O. The van der Waals surface area contributed by atoms with E-state index in [1.165, 1.54) is 17.3 Å². The number of carboxylic acids is 1. The third kappa shape index (κ3) is 3.65. The van der Waals surface area contributed by atoms with Crippen molar-refractivity contribution in [2.75, 3.05) is 0 Å². The maximum atomic E-state index is 12.1. The minimum Gasteiger partial charge on any atom is -0.480 e. The van der Waals surface area contributed by atoms with Gasteiger partial charge < -0.3 is 10.4 Å². The summed E-state index contributed by atoms with van der Waals surface area (Å²) in [5, 5.41) is 15.6. The fourth-order valence-electron chi connectivity index (χ4n) is 1.92. The minimum absolute atomic E-state index is 0.380. The Morgan fingerprint density at radius 2 is 2.24 bits per heavy atom. The molecule has 0 saturated heterocycles. The number of benzene rings is 1. The normalized spacial score (nSPS) is 11.9. The largest absolute Gasteiger partial charge is 0.480 e. The van der Waals surface area contributed by atoms with Gasteiger partial charge >= 0.3 is 5.97 Å². The first kappa shape index (κ1) is 14.7. The van der Waals surface area contributed by atoms with Crippen molar-refractivity contribution in [1.82, 2.24) is 20.1 Å². The number of hydrogen-bond donors (Lipinski definition) is 2. The van der Waals surface area contributed by atoms with Crippen molar-refractivity contribution < 1.29 is 14.7 Å². The van der Waals surface area contributed by atoms with E-state index in [-0.39, 0.29) is 0 Å². The van der Waals surface area contributed by atoms with E-state index >= 15 is 0 Å². The van der Waals surface area contributed by atoms with Gasteiger partial charge in [-0.2, -0.15) is 5.10 Å². The van der Waals surface area contributed by atoms with Crippen LogP contribution in [-0.4, -0.2) is 37.8 Å². The molecule has 110 valence electrons. The Morgan fingerprint density at radius 1 is 1.43 bits per heavy atom. The minimum atomic E-state index is -1.03. The van der Waals surface area contributed by atoms with Crippen LogP contribution in [0, 0.1) is 0 Å². The van der Waals surface area contributed by atoms with E-state index in [2.05, 4.69) is 15.4 Å². The Hall–Kier alpha value is -2.70. The first-order chi connectivity index (χ1) is 10.1. The average molecular weight is 288 g/mol. The highest BCUT2D eigenvalue weighted by Gasteiger charge is 2.19. The Kier molecular flexibility index (Phi) is 4.65. The quantitative estimate of drug-likeness (QED) is 0.833. The molecule has 0 spiro atoms. The number of carboxylic acid groups (broad SMARTS) is 1. The van der Waals surface area contributed by atoms with Crippen LogP contribution in [0.2, 0.25) is 0 Å². The smallest absolute Gasteiger partial charge is 0.326 e. The van der Waals surface area contributed by atoms with Gasteiger partial charge in [-0.25, -0.2) is 14.5 Å². The molecule has 0 aliphatic heterocycles. The fourth-order valence-corrected chi connectivity index (χ4v) is 1.92. The number of rotatable bonds is 6. The molecule has 1 amide bonds. The highest BCUT2D eigenvalue weighted by atomic mass is 16.4. The summed E-state index contributed by atoms with van der Waals surface area (Å²) in [6.07, 6.45) is 3.99. The van der Waals surface area contributed by atoms with E-state index in [0.717, 1.165) is 0 Å². The standard InChI is InChI=1S/C14H16N4O3/c1-2-4-12(14(20)21)17-13(19)10-5-3-6-11(7-10)18-9-15-8-16-18/h3,5-9,12H,2,4H2,1H3,(H,17,19)(H,20,21). The molecule has 0 bridgehead atoms. The average Bonchev–Trinajstić information content (AvgIpc) is 3.01. The van der Waals surface area contributed by atoms with Gasteiger partial charge in [-0.15, -0.1) is 0 Å².